The lowest BCUT2D eigenvalue weighted by molar-refractivity contribution is -0.144. The van der Waals surface area contributed by atoms with Gasteiger partial charge >= 0.3 is 5.97 Å². The molecule has 24 heavy (non-hydrogen) atoms. The summed E-state index contributed by atoms with van der Waals surface area (Å²) in [6.45, 7) is 0.913. The zero-order valence-corrected chi connectivity index (χ0v) is 15.0. The Balaban J connectivity index is 1.73. The molecule has 1 amide bonds. The number of aliphatic carboxylic acids is 1. The molecule has 2 heterocycles. The van der Waals surface area contributed by atoms with Gasteiger partial charge in [-0.05, 0) is 47.4 Å². The number of carboxylic acid groups (broad SMARTS) is 1. The fraction of sp³-hybridized carbons (Fsp3) is 0.294. The van der Waals surface area contributed by atoms with E-state index in [2.05, 4.69) is 0 Å². The van der Waals surface area contributed by atoms with Crippen LogP contribution in [0.5, 0.6) is 0 Å². The summed E-state index contributed by atoms with van der Waals surface area (Å²) in [7, 11) is 0. The number of benzene rings is 1. The number of carbonyl (C=O) groups excluding carboxylic acids is 1. The smallest absolute Gasteiger partial charge is 0.306 e. The van der Waals surface area contributed by atoms with Crippen LogP contribution in [0.3, 0.4) is 0 Å². The Hall–Kier alpha value is -1.56. The van der Waals surface area contributed by atoms with Gasteiger partial charge in [-0.15, -0.1) is 11.3 Å². The number of hydrogen-bond donors (Lipinski definition) is 1. The maximum absolute atomic E-state index is 12.3. The molecule has 7 heteroatoms. The third-order valence-corrected chi connectivity index (χ3v) is 6.16. The van der Waals surface area contributed by atoms with Crippen molar-refractivity contribution in [2.75, 3.05) is 13.1 Å². The molecule has 3 rings (SSSR count). The highest BCUT2D eigenvalue weighted by molar-refractivity contribution is 7.18. The number of halogens is 2. The van der Waals surface area contributed by atoms with E-state index in [-0.39, 0.29) is 11.8 Å². The molecule has 0 radical (unpaired) electrons. The van der Waals surface area contributed by atoms with Crippen molar-refractivity contribution < 1.29 is 14.7 Å². The fourth-order valence-electron chi connectivity index (χ4n) is 2.80. The molecule has 126 valence electrons. The van der Waals surface area contributed by atoms with E-state index in [4.69, 9.17) is 28.3 Å². The molecule has 0 spiro atoms. The molecule has 0 saturated carbocycles. The lowest BCUT2D eigenvalue weighted by Crippen LogP contribution is -2.39. The number of carboxylic acids is 1. The second-order valence-corrected chi connectivity index (χ2v) is 7.38. The Bertz CT molecular complexity index is 823. The van der Waals surface area contributed by atoms with Gasteiger partial charge in [0.1, 0.15) is 0 Å². The molecule has 0 aliphatic carbocycles. The number of carbonyl (C=O) groups is 2. The van der Waals surface area contributed by atoms with Crippen LogP contribution in [0.4, 0.5) is 0 Å². The van der Waals surface area contributed by atoms with Crippen LogP contribution in [0, 0.1) is 5.92 Å². The van der Waals surface area contributed by atoms with Crippen molar-refractivity contribution in [2.24, 2.45) is 5.92 Å². The molecule has 4 nitrogen and oxygen atoms in total. The monoisotopic (exact) mass is 383 g/mol. The molecule has 1 aromatic carbocycles. The van der Waals surface area contributed by atoms with E-state index < -0.39 is 5.97 Å². The average molecular weight is 384 g/mol. The minimum atomic E-state index is -0.789. The minimum absolute atomic E-state index is 0.142. The van der Waals surface area contributed by atoms with Crippen molar-refractivity contribution in [3.63, 3.8) is 0 Å². The molecule has 1 aromatic heterocycles. The first-order valence-corrected chi connectivity index (χ1v) is 9.16. The zero-order chi connectivity index (χ0) is 17.3. The minimum Gasteiger partial charge on any atom is -0.481 e. The van der Waals surface area contributed by atoms with Gasteiger partial charge in [0.05, 0.1) is 20.7 Å². The van der Waals surface area contributed by atoms with Gasteiger partial charge in [0.2, 0.25) is 5.91 Å². The molecule has 0 bridgehead atoms. The predicted molar refractivity (Wildman–Crippen MR) is 97.8 cm³/mol. The number of amides is 1. The summed E-state index contributed by atoms with van der Waals surface area (Å²) in [6.07, 6.45) is 4.11. The SMILES string of the molecule is O=C(O)C1CCN(C(=O)C=Cc2cc3ccsc3c(Cl)c2Cl)CC1. The number of fused-ring (bicyclic) bond motifs is 1. The second kappa shape index (κ2) is 7.13. The van der Waals surface area contributed by atoms with E-state index in [0.717, 1.165) is 10.1 Å². The first-order valence-electron chi connectivity index (χ1n) is 7.52. The number of likely N-dealkylation sites (tertiary alicyclic amines) is 1. The Kier molecular flexibility index (Phi) is 5.13. The van der Waals surface area contributed by atoms with Crippen molar-refractivity contribution in [3.05, 3.63) is 39.2 Å². The highest BCUT2D eigenvalue weighted by atomic mass is 35.5. The van der Waals surface area contributed by atoms with Crippen LogP contribution in [0.2, 0.25) is 10.0 Å². The zero-order valence-electron chi connectivity index (χ0n) is 12.7. The van der Waals surface area contributed by atoms with Crippen molar-refractivity contribution in [3.8, 4) is 0 Å². The maximum Gasteiger partial charge on any atom is 0.306 e. The van der Waals surface area contributed by atoms with Crippen LogP contribution in [-0.2, 0) is 9.59 Å². The number of hydrogen-bond acceptors (Lipinski definition) is 3. The van der Waals surface area contributed by atoms with Gasteiger partial charge in [-0.1, -0.05) is 23.2 Å². The Morgan fingerprint density at radius 3 is 2.62 bits per heavy atom. The van der Waals surface area contributed by atoms with Gasteiger partial charge in [0.15, 0.2) is 0 Å². The summed E-state index contributed by atoms with van der Waals surface area (Å²) < 4.78 is 0.931. The Morgan fingerprint density at radius 2 is 1.96 bits per heavy atom. The quantitative estimate of drug-likeness (QED) is 0.791. The van der Waals surface area contributed by atoms with Crippen molar-refractivity contribution >= 4 is 62.6 Å². The normalized spacial score (nSPS) is 16.2. The number of thiophene rings is 1. The van der Waals surface area contributed by atoms with Crippen LogP contribution < -0.4 is 0 Å². The van der Waals surface area contributed by atoms with Gasteiger partial charge in [-0.2, -0.15) is 0 Å². The van der Waals surface area contributed by atoms with Crippen LogP contribution in [0.1, 0.15) is 18.4 Å². The molecular weight excluding hydrogens is 369 g/mol. The highest BCUT2D eigenvalue weighted by Gasteiger charge is 2.26. The van der Waals surface area contributed by atoms with E-state index in [1.165, 1.54) is 17.4 Å². The van der Waals surface area contributed by atoms with Crippen molar-refractivity contribution in [2.45, 2.75) is 12.8 Å². The van der Waals surface area contributed by atoms with E-state index in [0.29, 0.717) is 41.5 Å². The molecule has 0 unspecified atom stereocenters. The topological polar surface area (TPSA) is 57.6 Å². The highest BCUT2D eigenvalue weighted by Crippen LogP contribution is 2.37. The number of rotatable bonds is 3. The van der Waals surface area contributed by atoms with Gasteiger partial charge in [-0.25, -0.2) is 0 Å². The van der Waals surface area contributed by atoms with Crippen LogP contribution >= 0.6 is 34.5 Å². The molecule has 1 saturated heterocycles. The molecule has 1 fully saturated rings. The summed E-state index contributed by atoms with van der Waals surface area (Å²) in [4.78, 5) is 24.9. The lowest BCUT2D eigenvalue weighted by atomic mass is 9.97. The lowest BCUT2D eigenvalue weighted by Gasteiger charge is -2.29. The standard InChI is InChI=1S/C17H15Cl2NO3S/c18-14-11(9-12-5-8-24-16(12)15(14)19)1-2-13(21)20-6-3-10(4-7-20)17(22)23/h1-2,5,8-10H,3-4,6-7H2,(H,22,23). The summed E-state index contributed by atoms with van der Waals surface area (Å²) in [6, 6.07) is 3.86. The summed E-state index contributed by atoms with van der Waals surface area (Å²) in [5.74, 6) is -1.29. The summed E-state index contributed by atoms with van der Waals surface area (Å²) in [5.41, 5.74) is 0.696. The third kappa shape index (κ3) is 3.43. The molecular formula is C17H15Cl2NO3S. The molecule has 1 N–H and O–H groups in total. The van der Waals surface area contributed by atoms with Gasteiger partial charge < -0.3 is 10.0 Å². The van der Waals surface area contributed by atoms with E-state index in [1.807, 2.05) is 17.5 Å². The number of nitrogens with zero attached hydrogens (tertiary/aromatic N) is 1. The molecule has 1 aliphatic heterocycles. The molecule has 2 aromatic rings. The number of piperidine rings is 1. The van der Waals surface area contributed by atoms with Crippen LogP contribution in [0.25, 0.3) is 16.2 Å². The molecule has 0 atom stereocenters. The van der Waals surface area contributed by atoms with Crippen LogP contribution in [0.15, 0.2) is 23.6 Å². The van der Waals surface area contributed by atoms with Gasteiger partial charge in [0.25, 0.3) is 0 Å². The first kappa shape index (κ1) is 17.3. The van der Waals surface area contributed by atoms with E-state index in [9.17, 15) is 9.59 Å². The largest absolute Gasteiger partial charge is 0.481 e. The summed E-state index contributed by atoms with van der Waals surface area (Å²) >= 11 is 14.1. The molecule has 1 aliphatic rings. The van der Waals surface area contributed by atoms with Crippen molar-refractivity contribution in [1.29, 1.82) is 0 Å². The van der Waals surface area contributed by atoms with E-state index in [1.54, 1.807) is 11.0 Å². The van der Waals surface area contributed by atoms with Gasteiger partial charge in [0, 0.05) is 19.2 Å². The average Bonchev–Trinajstić information content (AvgIpc) is 3.05. The third-order valence-electron chi connectivity index (χ3n) is 4.21. The fourth-order valence-corrected chi connectivity index (χ4v) is 4.24. The van der Waals surface area contributed by atoms with Crippen molar-refractivity contribution in [1.82, 2.24) is 4.90 Å². The Labute approximate surface area is 153 Å². The predicted octanol–water partition coefficient (Wildman–Crippen LogP) is 4.54. The van der Waals surface area contributed by atoms with E-state index >= 15 is 0 Å². The Morgan fingerprint density at radius 1 is 1.25 bits per heavy atom. The summed E-state index contributed by atoms with van der Waals surface area (Å²) in [5, 5.41) is 12.9. The van der Waals surface area contributed by atoms with Crippen LogP contribution in [-0.4, -0.2) is 35.0 Å². The van der Waals surface area contributed by atoms with Gasteiger partial charge in [-0.3, -0.25) is 9.59 Å². The second-order valence-electron chi connectivity index (χ2n) is 5.70. The maximum atomic E-state index is 12.3. The first-order chi connectivity index (χ1) is 11.5.